The number of H-pyrrole nitrogens is 1. The number of hydrogen-bond donors (Lipinski definition) is 1. The predicted octanol–water partition coefficient (Wildman–Crippen LogP) is 2.51. The SMILES string of the molecule is O=C1CN(C(=O)OCc2ccccc2)CCN1Cc1ccc2[nH]c(=O)ccc2c1. The van der Waals surface area contributed by atoms with Crippen LogP contribution in [0.4, 0.5) is 4.79 Å². The fourth-order valence-electron chi connectivity index (χ4n) is 3.36. The molecule has 0 atom stereocenters. The third-order valence-electron chi connectivity index (χ3n) is 4.94. The molecule has 0 saturated carbocycles. The summed E-state index contributed by atoms with van der Waals surface area (Å²) >= 11 is 0. The Morgan fingerprint density at radius 1 is 0.966 bits per heavy atom. The minimum Gasteiger partial charge on any atom is -0.445 e. The Morgan fingerprint density at radius 3 is 2.59 bits per heavy atom. The second kappa shape index (κ2) is 8.18. The third-order valence-corrected chi connectivity index (χ3v) is 4.94. The molecule has 0 unspecified atom stereocenters. The molecule has 0 spiro atoms. The van der Waals surface area contributed by atoms with Gasteiger partial charge in [-0.15, -0.1) is 0 Å². The number of fused-ring (bicyclic) bond motifs is 1. The van der Waals surface area contributed by atoms with E-state index in [1.54, 1.807) is 11.0 Å². The Kier molecular flexibility index (Phi) is 5.29. The number of aromatic amines is 1. The number of amides is 2. The van der Waals surface area contributed by atoms with Gasteiger partial charge in [-0.25, -0.2) is 4.79 Å². The highest BCUT2D eigenvalue weighted by atomic mass is 16.6. The Morgan fingerprint density at radius 2 is 1.79 bits per heavy atom. The number of pyridine rings is 1. The van der Waals surface area contributed by atoms with E-state index in [1.165, 1.54) is 11.0 Å². The van der Waals surface area contributed by atoms with Crippen molar-refractivity contribution in [2.24, 2.45) is 0 Å². The van der Waals surface area contributed by atoms with Gasteiger partial charge in [-0.05, 0) is 34.7 Å². The first-order valence-corrected chi connectivity index (χ1v) is 9.44. The molecular formula is C22H21N3O4. The van der Waals surface area contributed by atoms with E-state index in [-0.39, 0.29) is 24.6 Å². The number of piperazine rings is 1. The zero-order valence-electron chi connectivity index (χ0n) is 15.8. The maximum atomic E-state index is 12.5. The number of carbonyl (C=O) groups excluding carboxylic acids is 2. The highest BCUT2D eigenvalue weighted by molar-refractivity contribution is 5.84. The van der Waals surface area contributed by atoms with Crippen LogP contribution in [-0.2, 0) is 22.7 Å². The summed E-state index contributed by atoms with van der Waals surface area (Å²) in [7, 11) is 0. The van der Waals surface area contributed by atoms with Crippen LogP contribution in [0.1, 0.15) is 11.1 Å². The molecule has 7 nitrogen and oxygen atoms in total. The van der Waals surface area contributed by atoms with Gasteiger partial charge in [0.1, 0.15) is 13.2 Å². The summed E-state index contributed by atoms with van der Waals surface area (Å²) in [5.74, 6) is -0.116. The molecule has 148 valence electrons. The predicted molar refractivity (Wildman–Crippen MR) is 108 cm³/mol. The molecule has 7 heteroatoms. The molecule has 0 radical (unpaired) electrons. The van der Waals surface area contributed by atoms with Crippen LogP contribution in [0.2, 0.25) is 0 Å². The lowest BCUT2D eigenvalue weighted by Crippen LogP contribution is -2.51. The maximum Gasteiger partial charge on any atom is 0.410 e. The quantitative estimate of drug-likeness (QED) is 0.741. The minimum absolute atomic E-state index is 0.00846. The Hall–Kier alpha value is -3.61. The number of ether oxygens (including phenoxy) is 1. The first-order chi connectivity index (χ1) is 14.1. The topological polar surface area (TPSA) is 82.7 Å². The Bertz CT molecular complexity index is 1090. The van der Waals surface area contributed by atoms with Crippen LogP contribution < -0.4 is 5.56 Å². The van der Waals surface area contributed by atoms with Gasteiger partial charge in [-0.2, -0.15) is 0 Å². The van der Waals surface area contributed by atoms with E-state index in [9.17, 15) is 14.4 Å². The molecular weight excluding hydrogens is 370 g/mol. The second-order valence-corrected chi connectivity index (χ2v) is 7.02. The average Bonchev–Trinajstić information content (AvgIpc) is 2.74. The summed E-state index contributed by atoms with van der Waals surface area (Å²) in [6, 6.07) is 18.4. The van der Waals surface area contributed by atoms with Crippen molar-refractivity contribution < 1.29 is 14.3 Å². The molecule has 4 rings (SSSR count). The van der Waals surface area contributed by atoms with Gasteiger partial charge in [-0.3, -0.25) is 14.5 Å². The standard InChI is InChI=1S/C22H21N3O4/c26-20-9-7-18-12-17(6-8-19(18)23-20)13-24-10-11-25(14-21(24)27)22(28)29-15-16-4-2-1-3-5-16/h1-9,12H,10-11,13-15H2,(H,23,26). The number of nitrogens with zero attached hydrogens (tertiary/aromatic N) is 2. The summed E-state index contributed by atoms with van der Waals surface area (Å²) in [5, 5.41) is 0.915. The molecule has 1 saturated heterocycles. The third kappa shape index (κ3) is 4.45. The molecule has 1 aromatic heterocycles. The lowest BCUT2D eigenvalue weighted by atomic mass is 10.1. The van der Waals surface area contributed by atoms with Crippen LogP contribution in [-0.4, -0.2) is 46.4 Å². The fourth-order valence-corrected chi connectivity index (χ4v) is 3.36. The van der Waals surface area contributed by atoms with Gasteiger partial charge in [0.2, 0.25) is 11.5 Å². The van der Waals surface area contributed by atoms with Crippen LogP contribution in [0.25, 0.3) is 10.9 Å². The van der Waals surface area contributed by atoms with Gasteiger partial charge < -0.3 is 14.6 Å². The van der Waals surface area contributed by atoms with Crippen LogP contribution in [0, 0.1) is 0 Å². The molecule has 2 heterocycles. The van der Waals surface area contributed by atoms with Crippen molar-refractivity contribution >= 4 is 22.9 Å². The number of aromatic nitrogens is 1. The van der Waals surface area contributed by atoms with Crippen molar-refractivity contribution in [2.75, 3.05) is 19.6 Å². The fraction of sp³-hybridized carbons (Fsp3) is 0.227. The first kappa shape index (κ1) is 18.7. The summed E-state index contributed by atoms with van der Waals surface area (Å²) in [5.41, 5.74) is 2.50. The lowest BCUT2D eigenvalue weighted by Gasteiger charge is -2.33. The minimum atomic E-state index is -0.475. The molecule has 3 aromatic rings. The van der Waals surface area contributed by atoms with Gasteiger partial charge in [0.05, 0.1) is 0 Å². The molecule has 2 aromatic carbocycles. The molecule has 0 aliphatic carbocycles. The summed E-state index contributed by atoms with van der Waals surface area (Å²) in [6.07, 6.45) is -0.475. The molecule has 1 aliphatic heterocycles. The number of rotatable bonds is 4. The van der Waals surface area contributed by atoms with E-state index in [0.29, 0.717) is 19.6 Å². The first-order valence-electron chi connectivity index (χ1n) is 9.44. The molecule has 2 amide bonds. The van der Waals surface area contributed by atoms with E-state index in [4.69, 9.17) is 4.74 Å². The molecule has 29 heavy (non-hydrogen) atoms. The van der Waals surface area contributed by atoms with Crippen molar-refractivity contribution in [3.63, 3.8) is 0 Å². The molecule has 1 aliphatic rings. The molecule has 1 fully saturated rings. The van der Waals surface area contributed by atoms with E-state index in [1.807, 2.05) is 48.5 Å². The lowest BCUT2D eigenvalue weighted by molar-refractivity contribution is -0.136. The van der Waals surface area contributed by atoms with Crippen molar-refractivity contribution in [1.82, 2.24) is 14.8 Å². The molecule has 0 bridgehead atoms. The highest BCUT2D eigenvalue weighted by Gasteiger charge is 2.28. The maximum absolute atomic E-state index is 12.5. The summed E-state index contributed by atoms with van der Waals surface area (Å²) < 4.78 is 5.31. The Balaban J connectivity index is 1.34. The van der Waals surface area contributed by atoms with Gasteiger partial charge in [-0.1, -0.05) is 36.4 Å². The van der Waals surface area contributed by atoms with E-state index in [2.05, 4.69) is 4.98 Å². The zero-order chi connectivity index (χ0) is 20.2. The van der Waals surface area contributed by atoms with Crippen molar-refractivity contribution in [3.8, 4) is 0 Å². The Labute approximate surface area is 167 Å². The highest BCUT2D eigenvalue weighted by Crippen LogP contribution is 2.16. The monoisotopic (exact) mass is 391 g/mol. The van der Waals surface area contributed by atoms with E-state index < -0.39 is 6.09 Å². The van der Waals surface area contributed by atoms with Crippen LogP contribution in [0.3, 0.4) is 0 Å². The largest absolute Gasteiger partial charge is 0.445 e. The average molecular weight is 391 g/mol. The van der Waals surface area contributed by atoms with Gasteiger partial charge in [0, 0.05) is 31.2 Å². The van der Waals surface area contributed by atoms with E-state index in [0.717, 1.165) is 22.0 Å². The van der Waals surface area contributed by atoms with Crippen LogP contribution in [0.5, 0.6) is 0 Å². The molecule has 1 N–H and O–H groups in total. The number of nitrogens with one attached hydrogen (secondary N) is 1. The second-order valence-electron chi connectivity index (χ2n) is 7.02. The van der Waals surface area contributed by atoms with Crippen LogP contribution in [0.15, 0.2) is 65.5 Å². The smallest absolute Gasteiger partial charge is 0.410 e. The zero-order valence-corrected chi connectivity index (χ0v) is 15.8. The van der Waals surface area contributed by atoms with Crippen molar-refractivity contribution in [1.29, 1.82) is 0 Å². The van der Waals surface area contributed by atoms with Gasteiger partial charge in [0.25, 0.3) is 0 Å². The summed E-state index contributed by atoms with van der Waals surface area (Å²) in [6.45, 7) is 1.53. The number of carbonyl (C=O) groups is 2. The van der Waals surface area contributed by atoms with E-state index >= 15 is 0 Å². The number of hydrogen-bond acceptors (Lipinski definition) is 4. The normalized spacial score (nSPS) is 14.3. The summed E-state index contributed by atoms with van der Waals surface area (Å²) in [4.78, 5) is 42.1. The van der Waals surface area contributed by atoms with Crippen molar-refractivity contribution in [3.05, 3.63) is 82.1 Å². The van der Waals surface area contributed by atoms with Gasteiger partial charge in [0.15, 0.2) is 0 Å². The van der Waals surface area contributed by atoms with Crippen molar-refractivity contribution in [2.45, 2.75) is 13.2 Å². The number of benzene rings is 2. The van der Waals surface area contributed by atoms with Crippen LogP contribution >= 0.6 is 0 Å². The van der Waals surface area contributed by atoms with Gasteiger partial charge >= 0.3 is 6.09 Å².